The first kappa shape index (κ1) is 21.1. The number of carbonyl (C=O) groups excluding carboxylic acids is 2. The molecular formula is C24H24N2O4S. The van der Waals surface area contributed by atoms with Gasteiger partial charge in [0.15, 0.2) is 0 Å². The van der Waals surface area contributed by atoms with E-state index in [2.05, 4.69) is 26.0 Å². The van der Waals surface area contributed by atoms with E-state index in [4.69, 9.17) is 4.74 Å². The topological polar surface area (TPSA) is 68.6 Å². The Morgan fingerprint density at radius 1 is 1.10 bits per heavy atom. The van der Waals surface area contributed by atoms with Gasteiger partial charge in [-0.05, 0) is 29.2 Å². The molecule has 0 saturated carbocycles. The van der Waals surface area contributed by atoms with Crippen molar-refractivity contribution in [2.75, 3.05) is 12.0 Å². The third-order valence-electron chi connectivity index (χ3n) is 5.58. The van der Waals surface area contributed by atoms with Crippen LogP contribution in [0.4, 0.5) is 11.5 Å². The Labute approximate surface area is 184 Å². The maximum absolute atomic E-state index is 13.3. The number of thiazole rings is 1. The van der Waals surface area contributed by atoms with Crippen molar-refractivity contribution in [1.29, 1.82) is 0 Å². The highest BCUT2D eigenvalue weighted by atomic mass is 32.1. The number of hydrogen-bond acceptors (Lipinski definition) is 5. The summed E-state index contributed by atoms with van der Waals surface area (Å²) in [5.74, 6) is -0.0240. The van der Waals surface area contributed by atoms with E-state index in [1.807, 2.05) is 42.5 Å². The SMILES string of the molecule is COC(=O)Cn1c2c(sc1=O)[C@@H](c1ccc(C(C)C)cc1)CC(=O)N2c1ccccc1. The van der Waals surface area contributed by atoms with Gasteiger partial charge in [0.25, 0.3) is 0 Å². The molecule has 0 saturated heterocycles. The van der Waals surface area contributed by atoms with Crippen LogP contribution in [0, 0.1) is 0 Å². The summed E-state index contributed by atoms with van der Waals surface area (Å²) in [5, 5.41) is 0. The van der Waals surface area contributed by atoms with Gasteiger partial charge in [0.2, 0.25) is 5.91 Å². The van der Waals surface area contributed by atoms with Gasteiger partial charge in [0.1, 0.15) is 12.4 Å². The van der Waals surface area contributed by atoms with E-state index in [1.54, 1.807) is 4.90 Å². The number of benzene rings is 2. The summed E-state index contributed by atoms with van der Waals surface area (Å²) in [6, 6.07) is 17.4. The molecule has 1 amide bonds. The molecule has 0 bridgehead atoms. The number of methoxy groups -OCH3 is 1. The van der Waals surface area contributed by atoms with Gasteiger partial charge in [0.05, 0.1) is 17.7 Å². The number of esters is 1. The second-order valence-corrected chi connectivity index (χ2v) is 8.85. The molecule has 1 aliphatic rings. The summed E-state index contributed by atoms with van der Waals surface area (Å²) in [6.45, 7) is 4.03. The fraction of sp³-hybridized carbons (Fsp3) is 0.292. The van der Waals surface area contributed by atoms with Crippen LogP contribution in [-0.4, -0.2) is 23.6 Å². The Kier molecular flexibility index (Phi) is 5.78. The zero-order chi connectivity index (χ0) is 22.1. The molecule has 31 heavy (non-hydrogen) atoms. The number of rotatable bonds is 5. The smallest absolute Gasteiger partial charge is 0.325 e. The molecule has 3 aromatic rings. The third kappa shape index (κ3) is 3.93. The van der Waals surface area contributed by atoms with Gasteiger partial charge in [0, 0.05) is 12.3 Å². The Morgan fingerprint density at radius 2 is 1.77 bits per heavy atom. The predicted molar refractivity (Wildman–Crippen MR) is 121 cm³/mol. The number of amides is 1. The first-order valence-electron chi connectivity index (χ1n) is 10.2. The lowest BCUT2D eigenvalue weighted by atomic mass is 9.89. The van der Waals surface area contributed by atoms with Gasteiger partial charge in [-0.2, -0.15) is 0 Å². The van der Waals surface area contributed by atoms with Crippen molar-refractivity contribution in [3.8, 4) is 0 Å². The summed E-state index contributed by atoms with van der Waals surface area (Å²) in [4.78, 5) is 40.3. The maximum Gasteiger partial charge on any atom is 0.325 e. The standard InChI is InChI=1S/C24H24N2O4S/c1-15(2)16-9-11-17(12-10-16)19-13-20(27)26(18-7-5-4-6-8-18)23-22(19)31-24(29)25(23)14-21(28)30-3/h4-12,15,19H,13-14H2,1-3H3/t19-/m1/s1. The van der Waals surface area contributed by atoms with Gasteiger partial charge < -0.3 is 4.74 Å². The molecule has 0 fully saturated rings. The molecule has 0 spiro atoms. The Balaban J connectivity index is 1.87. The summed E-state index contributed by atoms with van der Waals surface area (Å²) < 4.78 is 6.14. The van der Waals surface area contributed by atoms with E-state index >= 15 is 0 Å². The monoisotopic (exact) mass is 436 g/mol. The van der Waals surface area contributed by atoms with E-state index in [1.165, 1.54) is 17.2 Å². The van der Waals surface area contributed by atoms with Crippen molar-refractivity contribution in [2.24, 2.45) is 0 Å². The van der Waals surface area contributed by atoms with Gasteiger partial charge in [-0.25, -0.2) is 0 Å². The van der Waals surface area contributed by atoms with Crippen LogP contribution in [-0.2, 0) is 20.9 Å². The van der Waals surface area contributed by atoms with Gasteiger partial charge in [-0.1, -0.05) is 67.6 Å². The Morgan fingerprint density at radius 3 is 2.39 bits per heavy atom. The zero-order valence-electron chi connectivity index (χ0n) is 17.7. The Hall–Kier alpha value is -3.19. The highest BCUT2D eigenvalue weighted by Crippen LogP contribution is 2.44. The summed E-state index contributed by atoms with van der Waals surface area (Å²) in [7, 11) is 1.28. The van der Waals surface area contributed by atoms with Crippen molar-refractivity contribution < 1.29 is 14.3 Å². The highest BCUT2D eigenvalue weighted by Gasteiger charge is 2.38. The number of nitrogens with zero attached hydrogens (tertiary/aromatic N) is 2. The zero-order valence-corrected chi connectivity index (χ0v) is 18.5. The number of aromatic nitrogens is 1. The lowest BCUT2D eigenvalue weighted by Gasteiger charge is -2.32. The molecule has 2 aromatic carbocycles. The minimum absolute atomic E-state index is 0.118. The van der Waals surface area contributed by atoms with Crippen LogP contribution in [0.5, 0.6) is 0 Å². The van der Waals surface area contributed by atoms with E-state index in [-0.39, 0.29) is 29.7 Å². The van der Waals surface area contributed by atoms with Crippen LogP contribution in [0.15, 0.2) is 59.4 Å². The number of para-hydroxylation sites is 1. The summed E-state index contributed by atoms with van der Waals surface area (Å²) in [6.07, 6.45) is 0.251. The number of ether oxygens (including phenoxy) is 1. The lowest BCUT2D eigenvalue weighted by molar-refractivity contribution is -0.141. The van der Waals surface area contributed by atoms with Crippen molar-refractivity contribution in [3.05, 3.63) is 80.3 Å². The molecule has 0 aliphatic carbocycles. The minimum atomic E-state index is -0.536. The molecule has 7 heteroatoms. The van der Waals surface area contributed by atoms with Crippen LogP contribution >= 0.6 is 11.3 Å². The van der Waals surface area contributed by atoms with Crippen molar-refractivity contribution in [2.45, 2.75) is 38.6 Å². The second kappa shape index (κ2) is 8.51. The van der Waals surface area contributed by atoms with Crippen LogP contribution in [0.1, 0.15) is 48.1 Å². The molecule has 6 nitrogen and oxygen atoms in total. The molecular weight excluding hydrogens is 412 g/mol. The fourth-order valence-electron chi connectivity index (χ4n) is 3.91. The predicted octanol–water partition coefficient (Wildman–Crippen LogP) is 4.41. The van der Waals surface area contributed by atoms with Crippen molar-refractivity contribution in [3.63, 3.8) is 0 Å². The molecule has 0 N–H and O–H groups in total. The quantitative estimate of drug-likeness (QED) is 0.556. The van der Waals surface area contributed by atoms with Gasteiger partial charge in [-0.3, -0.25) is 23.9 Å². The van der Waals surface area contributed by atoms with Crippen LogP contribution in [0.25, 0.3) is 0 Å². The molecule has 0 radical (unpaired) electrons. The van der Waals surface area contributed by atoms with E-state index in [9.17, 15) is 14.4 Å². The Bertz CT molecular complexity index is 1160. The first-order chi connectivity index (χ1) is 14.9. The van der Waals surface area contributed by atoms with Crippen molar-refractivity contribution in [1.82, 2.24) is 4.57 Å². The molecule has 1 atom stereocenters. The minimum Gasteiger partial charge on any atom is -0.468 e. The largest absolute Gasteiger partial charge is 0.468 e. The molecule has 4 rings (SSSR count). The van der Waals surface area contributed by atoms with Crippen molar-refractivity contribution >= 4 is 34.7 Å². The summed E-state index contributed by atoms with van der Waals surface area (Å²) >= 11 is 1.09. The van der Waals surface area contributed by atoms with Crippen LogP contribution in [0.3, 0.4) is 0 Å². The molecule has 1 aromatic heterocycles. The lowest BCUT2D eigenvalue weighted by Crippen LogP contribution is -2.36. The highest BCUT2D eigenvalue weighted by molar-refractivity contribution is 7.10. The number of anilines is 2. The molecule has 0 unspecified atom stereocenters. The van der Waals surface area contributed by atoms with Crippen LogP contribution < -0.4 is 9.77 Å². The number of hydrogen-bond donors (Lipinski definition) is 0. The molecule has 160 valence electrons. The van der Waals surface area contributed by atoms with E-state index < -0.39 is 5.97 Å². The maximum atomic E-state index is 13.3. The summed E-state index contributed by atoms with van der Waals surface area (Å²) in [5.41, 5.74) is 2.87. The first-order valence-corrected chi connectivity index (χ1v) is 11.0. The average molecular weight is 437 g/mol. The number of fused-ring (bicyclic) bond motifs is 1. The molecule has 1 aliphatic heterocycles. The third-order valence-corrected chi connectivity index (χ3v) is 6.67. The second-order valence-electron chi connectivity index (χ2n) is 7.86. The van der Waals surface area contributed by atoms with Gasteiger partial charge >= 0.3 is 10.8 Å². The van der Waals surface area contributed by atoms with Gasteiger partial charge in [-0.15, -0.1) is 0 Å². The van der Waals surface area contributed by atoms with Crippen LogP contribution in [0.2, 0.25) is 0 Å². The average Bonchev–Trinajstić information content (AvgIpc) is 3.09. The van der Waals surface area contributed by atoms with E-state index in [0.717, 1.165) is 21.8 Å². The van der Waals surface area contributed by atoms with E-state index in [0.29, 0.717) is 17.4 Å². The number of carbonyl (C=O) groups is 2. The fourth-order valence-corrected chi connectivity index (χ4v) is 5.01. The normalized spacial score (nSPS) is 15.8. The molecule has 2 heterocycles.